The van der Waals surface area contributed by atoms with Crippen molar-refractivity contribution in [1.29, 1.82) is 0 Å². The van der Waals surface area contributed by atoms with Crippen molar-refractivity contribution >= 4 is 51.5 Å². The summed E-state index contributed by atoms with van der Waals surface area (Å²) in [5.41, 5.74) is 1.83. The summed E-state index contributed by atoms with van der Waals surface area (Å²) in [6, 6.07) is 15.1. The lowest BCUT2D eigenvalue weighted by Crippen LogP contribution is -2.25. The molecule has 2 aromatic heterocycles. The quantitative estimate of drug-likeness (QED) is 0.374. The third-order valence-electron chi connectivity index (χ3n) is 4.96. The van der Waals surface area contributed by atoms with Crippen LogP contribution in [0.5, 0.6) is 0 Å². The van der Waals surface area contributed by atoms with Crippen LogP contribution in [0.3, 0.4) is 0 Å². The average molecular weight is 480 g/mol. The Bertz CT molecular complexity index is 1340. The van der Waals surface area contributed by atoms with Gasteiger partial charge in [0.05, 0.1) is 21.9 Å². The van der Waals surface area contributed by atoms with E-state index in [0.29, 0.717) is 27.0 Å². The summed E-state index contributed by atoms with van der Waals surface area (Å²) in [6.07, 6.45) is 2.04. The maximum Gasteiger partial charge on any atom is 0.286 e. The molecule has 1 fully saturated rings. The van der Waals surface area contributed by atoms with Gasteiger partial charge in [-0.15, -0.1) is 10.2 Å². The van der Waals surface area contributed by atoms with Crippen LogP contribution < -0.4 is 10.6 Å². The van der Waals surface area contributed by atoms with Gasteiger partial charge in [0.25, 0.3) is 11.8 Å². The van der Waals surface area contributed by atoms with E-state index in [-0.39, 0.29) is 22.8 Å². The van der Waals surface area contributed by atoms with Crippen molar-refractivity contribution in [3.8, 4) is 0 Å². The zero-order valence-corrected chi connectivity index (χ0v) is 18.9. The van der Waals surface area contributed by atoms with Gasteiger partial charge in [0.2, 0.25) is 5.01 Å². The highest BCUT2D eigenvalue weighted by atomic mass is 32.2. The highest BCUT2D eigenvalue weighted by molar-refractivity contribution is 7.98. The predicted octanol–water partition coefficient (Wildman–Crippen LogP) is 4.66. The molecule has 0 atom stereocenters. The fourth-order valence-corrected chi connectivity index (χ4v) is 4.80. The summed E-state index contributed by atoms with van der Waals surface area (Å²) >= 11 is 2.61. The van der Waals surface area contributed by atoms with Gasteiger partial charge in [0.15, 0.2) is 0 Å². The highest BCUT2D eigenvalue weighted by Crippen LogP contribution is 2.28. The topological polar surface area (TPSA) is 96.9 Å². The number of rotatable bonds is 7. The van der Waals surface area contributed by atoms with Crippen LogP contribution in [0.25, 0.3) is 10.9 Å². The molecule has 0 unspecified atom stereocenters. The molecule has 0 aliphatic heterocycles. The number of nitrogens with one attached hydrogen (secondary N) is 2. The molecule has 7 nitrogen and oxygen atoms in total. The minimum atomic E-state index is -0.404. The molecule has 1 saturated carbocycles. The number of hydrogen-bond donors (Lipinski definition) is 2. The van der Waals surface area contributed by atoms with Gasteiger partial charge >= 0.3 is 0 Å². The first-order valence-corrected chi connectivity index (χ1v) is 12.1. The van der Waals surface area contributed by atoms with Gasteiger partial charge in [-0.2, -0.15) is 0 Å². The molecule has 5 rings (SSSR count). The first kappa shape index (κ1) is 21.5. The van der Waals surface area contributed by atoms with Gasteiger partial charge in [-0.05, 0) is 49.2 Å². The van der Waals surface area contributed by atoms with Crippen LogP contribution in [0.1, 0.15) is 38.0 Å². The lowest BCUT2D eigenvalue weighted by Gasteiger charge is -2.09. The van der Waals surface area contributed by atoms with E-state index < -0.39 is 5.91 Å². The summed E-state index contributed by atoms with van der Waals surface area (Å²) in [5, 5.41) is 16.2. The Balaban J connectivity index is 1.29. The number of nitrogens with zero attached hydrogens (tertiary/aromatic N) is 3. The number of aromatic nitrogens is 3. The van der Waals surface area contributed by atoms with Crippen molar-refractivity contribution in [1.82, 2.24) is 20.5 Å². The second-order valence-electron chi connectivity index (χ2n) is 7.52. The summed E-state index contributed by atoms with van der Waals surface area (Å²) in [5.74, 6) is -0.415. The van der Waals surface area contributed by atoms with Crippen LogP contribution in [-0.2, 0) is 5.75 Å². The van der Waals surface area contributed by atoms with Crippen molar-refractivity contribution in [3.05, 3.63) is 76.0 Å². The number of fused-ring (bicyclic) bond motifs is 1. The van der Waals surface area contributed by atoms with Crippen LogP contribution in [0.4, 0.5) is 10.1 Å². The molecule has 2 amide bonds. The lowest BCUT2D eigenvalue weighted by atomic mass is 10.1. The fraction of sp³-hybridized carbons (Fsp3) is 0.174. The Morgan fingerprint density at radius 1 is 1.06 bits per heavy atom. The maximum atomic E-state index is 13.0. The lowest BCUT2D eigenvalue weighted by molar-refractivity contribution is 0.0951. The third-order valence-corrected chi connectivity index (χ3v) is 6.98. The number of para-hydroxylation sites is 1. The van der Waals surface area contributed by atoms with Crippen molar-refractivity contribution in [2.75, 3.05) is 5.32 Å². The number of thioether (sulfide) groups is 1. The molecule has 0 spiro atoms. The molecular formula is C23H18FN5O2S2. The minimum absolute atomic E-state index is 0.0892. The van der Waals surface area contributed by atoms with E-state index in [1.54, 1.807) is 6.07 Å². The molecule has 166 valence electrons. The average Bonchev–Trinajstić information content (AvgIpc) is 3.51. The van der Waals surface area contributed by atoms with E-state index >= 15 is 0 Å². The molecule has 10 heteroatoms. The Hall–Kier alpha value is -3.37. The largest absolute Gasteiger partial charge is 0.349 e. The summed E-state index contributed by atoms with van der Waals surface area (Å²) in [6.45, 7) is 0. The number of hydrogen-bond acceptors (Lipinski definition) is 7. The minimum Gasteiger partial charge on any atom is -0.349 e. The van der Waals surface area contributed by atoms with Gasteiger partial charge in [0, 0.05) is 17.1 Å². The molecule has 33 heavy (non-hydrogen) atoms. The van der Waals surface area contributed by atoms with Crippen molar-refractivity contribution in [3.63, 3.8) is 0 Å². The third kappa shape index (κ3) is 5.18. The SMILES string of the molecule is O=C(Nc1ccc(F)cc1)c1nnc(CSc2cc(C(=O)NC3CC3)c3ccccc3n2)s1. The Labute approximate surface area is 196 Å². The number of benzene rings is 2. The Kier molecular flexibility index (Phi) is 6.01. The van der Waals surface area contributed by atoms with E-state index in [4.69, 9.17) is 0 Å². The van der Waals surface area contributed by atoms with Crippen molar-refractivity contribution in [2.45, 2.75) is 29.7 Å². The standard InChI is InChI=1S/C23H18FN5O2S2/c24-13-5-7-14(8-6-13)26-22(31)23-29-28-20(33-23)12-32-19-11-17(21(30)25-15-9-10-15)16-3-1-2-4-18(16)27-19/h1-8,11,15H,9-10,12H2,(H,25,30)(H,26,31). The van der Waals surface area contributed by atoms with E-state index in [1.165, 1.54) is 47.4 Å². The first-order chi connectivity index (χ1) is 16.0. The molecule has 0 bridgehead atoms. The van der Waals surface area contributed by atoms with Gasteiger partial charge in [-0.25, -0.2) is 9.37 Å². The smallest absolute Gasteiger partial charge is 0.286 e. The molecule has 1 aliphatic carbocycles. The number of carbonyl (C=O) groups excluding carboxylic acids is 2. The van der Waals surface area contributed by atoms with E-state index in [0.717, 1.165) is 23.7 Å². The molecule has 4 aromatic rings. The number of halogens is 1. The Morgan fingerprint density at radius 2 is 1.85 bits per heavy atom. The van der Waals surface area contributed by atoms with E-state index in [9.17, 15) is 14.0 Å². The molecule has 2 N–H and O–H groups in total. The zero-order chi connectivity index (χ0) is 22.8. The van der Waals surface area contributed by atoms with Gasteiger partial charge in [-0.3, -0.25) is 9.59 Å². The molecule has 0 radical (unpaired) electrons. The Morgan fingerprint density at radius 3 is 2.64 bits per heavy atom. The van der Waals surface area contributed by atoms with Gasteiger partial charge < -0.3 is 10.6 Å². The van der Waals surface area contributed by atoms with E-state index in [2.05, 4.69) is 25.8 Å². The number of pyridine rings is 1. The molecular weight excluding hydrogens is 461 g/mol. The second-order valence-corrected chi connectivity index (χ2v) is 9.58. The second kappa shape index (κ2) is 9.24. The first-order valence-electron chi connectivity index (χ1n) is 10.3. The van der Waals surface area contributed by atoms with E-state index in [1.807, 2.05) is 24.3 Å². The molecule has 1 aliphatic rings. The van der Waals surface area contributed by atoms with Crippen molar-refractivity contribution in [2.24, 2.45) is 0 Å². The summed E-state index contributed by atoms with van der Waals surface area (Å²) in [4.78, 5) is 29.8. The molecule has 2 heterocycles. The maximum absolute atomic E-state index is 13.0. The summed E-state index contributed by atoms with van der Waals surface area (Å²) < 4.78 is 13.0. The van der Waals surface area contributed by atoms with Crippen LogP contribution in [-0.4, -0.2) is 33.0 Å². The summed E-state index contributed by atoms with van der Waals surface area (Å²) in [7, 11) is 0. The zero-order valence-electron chi connectivity index (χ0n) is 17.2. The molecule has 2 aromatic carbocycles. The van der Waals surface area contributed by atoms with Crippen LogP contribution >= 0.6 is 23.1 Å². The number of amides is 2. The normalized spacial score (nSPS) is 13.1. The van der Waals surface area contributed by atoms with Gasteiger partial charge in [-0.1, -0.05) is 41.3 Å². The van der Waals surface area contributed by atoms with Crippen molar-refractivity contribution < 1.29 is 14.0 Å². The fourth-order valence-electron chi connectivity index (χ4n) is 3.16. The predicted molar refractivity (Wildman–Crippen MR) is 126 cm³/mol. The number of anilines is 1. The molecule has 0 saturated heterocycles. The van der Waals surface area contributed by atoms with Crippen LogP contribution in [0.15, 0.2) is 59.6 Å². The highest BCUT2D eigenvalue weighted by Gasteiger charge is 2.25. The monoisotopic (exact) mass is 479 g/mol. The number of carbonyl (C=O) groups is 2. The van der Waals surface area contributed by atoms with Crippen LogP contribution in [0, 0.1) is 5.82 Å². The van der Waals surface area contributed by atoms with Crippen LogP contribution in [0.2, 0.25) is 0 Å². The van der Waals surface area contributed by atoms with Gasteiger partial charge in [0.1, 0.15) is 10.8 Å².